The number of rotatable bonds is 3. The first kappa shape index (κ1) is 25.9. The lowest BCUT2D eigenvalue weighted by Gasteiger charge is -2.64. The van der Waals surface area contributed by atoms with Gasteiger partial charge in [0.25, 0.3) is 0 Å². The first-order chi connectivity index (χ1) is 15.6. The van der Waals surface area contributed by atoms with Crippen molar-refractivity contribution in [3.8, 4) is 0 Å². The first-order valence-corrected chi connectivity index (χ1v) is 13.0. The van der Waals surface area contributed by atoms with Gasteiger partial charge in [0.05, 0.1) is 21.8 Å². The fourth-order valence-corrected chi connectivity index (χ4v) is 8.67. The predicted octanol–water partition coefficient (Wildman–Crippen LogP) is 4.86. The lowest BCUT2D eigenvalue weighted by Crippen LogP contribution is -2.67. The fourth-order valence-electron chi connectivity index (χ4n) is 7.70. The Kier molecular flexibility index (Phi) is 6.23. The van der Waals surface area contributed by atoms with Gasteiger partial charge in [-0.3, -0.25) is 14.4 Å². The van der Waals surface area contributed by atoms with Crippen LogP contribution in [0, 0.1) is 39.9 Å². The van der Waals surface area contributed by atoms with E-state index in [1.165, 1.54) is 6.08 Å². The van der Waals surface area contributed by atoms with Crippen molar-refractivity contribution >= 4 is 40.7 Å². The highest BCUT2D eigenvalue weighted by Gasteiger charge is 2.71. The standard InChI is InChI=1S/C27H36Cl2O5/c1-14-9-16-17-11-19(28)18-10-15(30)7-8-26(18,6)27(17,29)21(32)12-25(16,5)22(14)20(31)13-34-23(33)24(2,3)4/h7-8,10,14,16-17,19,21-22,32H,9,11-13H2,1-6H3/t14-,16+,17+,19+,21+,22-,25+,26+,27+/m1/s1. The third-order valence-corrected chi connectivity index (χ3v) is 10.6. The van der Waals surface area contributed by atoms with Gasteiger partial charge in [0.15, 0.2) is 11.6 Å². The Bertz CT molecular complexity index is 980. The molecule has 1 N–H and O–H groups in total. The Balaban J connectivity index is 1.67. The van der Waals surface area contributed by atoms with E-state index in [9.17, 15) is 19.5 Å². The molecule has 3 fully saturated rings. The van der Waals surface area contributed by atoms with Crippen LogP contribution in [0.2, 0.25) is 0 Å². The minimum atomic E-state index is -1.03. The molecule has 0 aromatic heterocycles. The van der Waals surface area contributed by atoms with E-state index in [1.54, 1.807) is 26.8 Å². The van der Waals surface area contributed by atoms with Crippen molar-refractivity contribution in [2.24, 2.45) is 39.9 Å². The molecule has 4 rings (SSSR count). The van der Waals surface area contributed by atoms with Crippen LogP contribution in [-0.4, -0.2) is 45.6 Å². The maximum atomic E-state index is 13.4. The summed E-state index contributed by atoms with van der Waals surface area (Å²) in [6.07, 6.45) is 5.71. The van der Waals surface area contributed by atoms with E-state index >= 15 is 0 Å². The second-order valence-electron chi connectivity index (χ2n) is 12.4. The normalized spacial score (nSPS) is 45.7. The average molecular weight is 511 g/mol. The van der Waals surface area contributed by atoms with Crippen molar-refractivity contribution in [3.05, 3.63) is 23.8 Å². The maximum absolute atomic E-state index is 13.4. The number of aliphatic hydroxyl groups is 1. The first-order valence-electron chi connectivity index (χ1n) is 12.2. The highest BCUT2D eigenvalue weighted by atomic mass is 35.5. The molecule has 0 amide bonds. The van der Waals surface area contributed by atoms with Gasteiger partial charge in [0.1, 0.15) is 6.61 Å². The van der Waals surface area contributed by atoms with Crippen molar-refractivity contribution < 1.29 is 24.2 Å². The van der Waals surface area contributed by atoms with Crippen LogP contribution in [0.4, 0.5) is 0 Å². The number of hydrogen-bond donors (Lipinski definition) is 1. The van der Waals surface area contributed by atoms with E-state index < -0.39 is 33.2 Å². The summed E-state index contributed by atoms with van der Waals surface area (Å²) in [5.41, 5.74) is -1.16. The molecule has 0 spiro atoms. The van der Waals surface area contributed by atoms with Crippen LogP contribution in [-0.2, 0) is 19.1 Å². The second kappa shape index (κ2) is 8.18. The van der Waals surface area contributed by atoms with Crippen LogP contribution < -0.4 is 0 Å². The lowest BCUT2D eigenvalue weighted by atomic mass is 9.46. The Morgan fingerprint density at radius 3 is 2.47 bits per heavy atom. The number of esters is 1. The van der Waals surface area contributed by atoms with E-state index in [2.05, 4.69) is 13.8 Å². The van der Waals surface area contributed by atoms with Gasteiger partial charge in [0.2, 0.25) is 0 Å². The molecule has 0 radical (unpaired) electrons. The van der Waals surface area contributed by atoms with E-state index in [0.717, 1.165) is 12.0 Å². The summed E-state index contributed by atoms with van der Waals surface area (Å²) in [6, 6.07) is 0. The Labute approximate surface area is 212 Å². The van der Waals surface area contributed by atoms with Crippen molar-refractivity contribution in [1.82, 2.24) is 0 Å². The van der Waals surface area contributed by atoms with Crippen LogP contribution in [0.5, 0.6) is 0 Å². The molecule has 188 valence electrons. The largest absolute Gasteiger partial charge is 0.457 e. The third kappa shape index (κ3) is 3.56. The summed E-state index contributed by atoms with van der Waals surface area (Å²) in [6.45, 7) is 11.1. The monoisotopic (exact) mass is 510 g/mol. The molecule has 0 bridgehead atoms. The van der Waals surface area contributed by atoms with E-state index in [-0.39, 0.29) is 47.2 Å². The van der Waals surface area contributed by atoms with E-state index in [4.69, 9.17) is 27.9 Å². The molecule has 0 aliphatic heterocycles. The van der Waals surface area contributed by atoms with Crippen molar-refractivity contribution in [1.29, 1.82) is 0 Å². The molecular weight excluding hydrogens is 475 g/mol. The van der Waals surface area contributed by atoms with Gasteiger partial charge < -0.3 is 9.84 Å². The number of ketones is 2. The number of halogens is 2. The van der Waals surface area contributed by atoms with Crippen LogP contribution in [0.1, 0.15) is 60.8 Å². The number of carbonyl (C=O) groups excluding carboxylic acids is 3. The predicted molar refractivity (Wildman–Crippen MR) is 132 cm³/mol. The Hall–Kier alpha value is -1.17. The van der Waals surface area contributed by atoms with E-state index in [0.29, 0.717) is 12.8 Å². The number of Topliss-reactive ketones (excluding diaryl/α,β-unsaturated/α-hetero) is 1. The summed E-state index contributed by atoms with van der Waals surface area (Å²) in [5.74, 6) is -0.967. The van der Waals surface area contributed by atoms with Gasteiger partial charge in [-0.15, -0.1) is 23.2 Å². The summed E-state index contributed by atoms with van der Waals surface area (Å²) < 4.78 is 5.37. The average Bonchev–Trinajstić information content (AvgIpc) is 2.99. The van der Waals surface area contributed by atoms with Gasteiger partial charge in [-0.25, -0.2) is 0 Å². The summed E-state index contributed by atoms with van der Waals surface area (Å²) >= 11 is 14.3. The molecule has 4 aliphatic carbocycles. The smallest absolute Gasteiger partial charge is 0.311 e. The van der Waals surface area contributed by atoms with Gasteiger partial charge in [-0.05, 0) is 80.9 Å². The molecular formula is C27H36Cl2O5. The van der Waals surface area contributed by atoms with Crippen molar-refractivity contribution in [2.45, 2.75) is 77.2 Å². The molecule has 5 nitrogen and oxygen atoms in total. The van der Waals surface area contributed by atoms with E-state index in [1.807, 2.05) is 13.0 Å². The molecule has 0 aromatic rings. The molecule has 9 atom stereocenters. The van der Waals surface area contributed by atoms with Crippen LogP contribution in [0.15, 0.2) is 23.8 Å². The maximum Gasteiger partial charge on any atom is 0.311 e. The number of alkyl halides is 2. The Morgan fingerprint density at radius 2 is 1.85 bits per heavy atom. The van der Waals surface area contributed by atoms with Crippen LogP contribution >= 0.6 is 23.2 Å². The fraction of sp³-hybridized carbons (Fsp3) is 0.741. The molecule has 4 aliphatic rings. The highest BCUT2D eigenvalue weighted by Crippen LogP contribution is 2.71. The molecule has 0 aromatic carbocycles. The van der Waals surface area contributed by atoms with Gasteiger partial charge in [0, 0.05) is 11.3 Å². The zero-order valence-electron chi connectivity index (χ0n) is 20.9. The topological polar surface area (TPSA) is 80.7 Å². The van der Waals surface area contributed by atoms with Crippen LogP contribution in [0.3, 0.4) is 0 Å². The molecule has 7 heteroatoms. The van der Waals surface area contributed by atoms with Gasteiger partial charge >= 0.3 is 5.97 Å². The summed E-state index contributed by atoms with van der Waals surface area (Å²) in [7, 11) is 0. The zero-order chi connectivity index (χ0) is 25.4. The third-order valence-electron chi connectivity index (χ3n) is 9.27. The molecule has 0 heterocycles. The second-order valence-corrected chi connectivity index (χ2v) is 13.6. The van der Waals surface area contributed by atoms with Gasteiger partial charge in [-0.1, -0.05) is 26.8 Å². The number of fused-ring (bicyclic) bond motifs is 5. The zero-order valence-corrected chi connectivity index (χ0v) is 22.4. The number of hydrogen-bond acceptors (Lipinski definition) is 5. The van der Waals surface area contributed by atoms with Crippen molar-refractivity contribution in [3.63, 3.8) is 0 Å². The Morgan fingerprint density at radius 1 is 1.21 bits per heavy atom. The molecule has 0 saturated heterocycles. The molecule has 0 unspecified atom stereocenters. The minimum Gasteiger partial charge on any atom is -0.457 e. The number of allylic oxidation sites excluding steroid dienone is 4. The highest BCUT2D eigenvalue weighted by molar-refractivity contribution is 6.28. The number of carbonyl (C=O) groups is 3. The molecule has 34 heavy (non-hydrogen) atoms. The van der Waals surface area contributed by atoms with Crippen LogP contribution in [0.25, 0.3) is 0 Å². The number of ether oxygens (including phenoxy) is 1. The molecule has 3 saturated carbocycles. The minimum absolute atomic E-state index is 0.0593. The summed E-state index contributed by atoms with van der Waals surface area (Å²) in [5, 5.41) is 11.3. The summed E-state index contributed by atoms with van der Waals surface area (Å²) in [4.78, 5) is 36.8. The quantitative estimate of drug-likeness (QED) is 0.432. The SMILES string of the molecule is C[C@@H]1C[C@H]2[C@@H]3C[C@H](Cl)C4=CC(=O)C=C[C@]4(C)[C@@]3(Cl)[C@@H](O)C[C@]2(C)[C@H]1C(=O)COC(=O)C(C)(C)C. The van der Waals surface area contributed by atoms with Gasteiger partial charge in [-0.2, -0.15) is 0 Å². The number of aliphatic hydroxyl groups excluding tert-OH is 1. The van der Waals surface area contributed by atoms with Crippen molar-refractivity contribution in [2.75, 3.05) is 6.61 Å². The lowest BCUT2D eigenvalue weighted by molar-refractivity contribution is -0.159.